The largest absolute Gasteiger partial charge is 0.313 e. The van der Waals surface area contributed by atoms with Crippen LogP contribution in [0.4, 0.5) is 0 Å². The fourth-order valence-corrected chi connectivity index (χ4v) is 5.65. The third-order valence-electron chi connectivity index (χ3n) is 4.29. The molecule has 3 rings (SSSR count). The van der Waals surface area contributed by atoms with Crippen molar-refractivity contribution in [3.8, 4) is 0 Å². The Balaban J connectivity index is 1.72. The molecule has 112 valence electrons. The van der Waals surface area contributed by atoms with Gasteiger partial charge < -0.3 is 5.32 Å². The highest BCUT2D eigenvalue weighted by molar-refractivity contribution is 8.01. The summed E-state index contributed by atoms with van der Waals surface area (Å²) in [7, 11) is 0. The maximum Gasteiger partial charge on any atom is 0.0601 e. The van der Waals surface area contributed by atoms with Crippen molar-refractivity contribution in [3.63, 3.8) is 0 Å². The molecule has 1 aromatic carbocycles. The highest BCUT2D eigenvalue weighted by Crippen LogP contribution is 2.41. The first kappa shape index (κ1) is 15.1. The minimum absolute atomic E-state index is 0.655. The molecule has 1 aromatic heterocycles. The molecule has 3 atom stereocenters. The summed E-state index contributed by atoms with van der Waals surface area (Å²) < 4.78 is 1.46. The number of rotatable bonds is 5. The number of thiophene rings is 1. The lowest BCUT2D eigenvalue weighted by atomic mass is 9.81. The van der Waals surface area contributed by atoms with Crippen LogP contribution in [-0.4, -0.2) is 17.8 Å². The van der Waals surface area contributed by atoms with Crippen LogP contribution in [0.2, 0.25) is 0 Å². The summed E-state index contributed by atoms with van der Waals surface area (Å²) in [5, 5.41) is 6.57. The number of benzene rings is 1. The number of hydrogen-bond donors (Lipinski definition) is 1. The van der Waals surface area contributed by atoms with Gasteiger partial charge in [-0.1, -0.05) is 43.3 Å². The van der Waals surface area contributed by atoms with Crippen molar-refractivity contribution in [2.45, 2.75) is 47.6 Å². The van der Waals surface area contributed by atoms with E-state index in [9.17, 15) is 0 Å². The summed E-state index contributed by atoms with van der Waals surface area (Å²) in [6, 6.07) is 16.1. The molecule has 0 radical (unpaired) electrons. The van der Waals surface area contributed by atoms with E-state index in [4.69, 9.17) is 0 Å². The van der Waals surface area contributed by atoms with Crippen LogP contribution >= 0.6 is 23.1 Å². The fourth-order valence-electron chi connectivity index (χ4n) is 3.26. The summed E-state index contributed by atoms with van der Waals surface area (Å²) in [4.78, 5) is 0. The Morgan fingerprint density at radius 3 is 2.71 bits per heavy atom. The van der Waals surface area contributed by atoms with Gasteiger partial charge in [0.2, 0.25) is 0 Å². The second-order valence-corrected chi connectivity index (χ2v) is 8.16. The van der Waals surface area contributed by atoms with Crippen LogP contribution in [0.5, 0.6) is 0 Å². The second-order valence-electron chi connectivity index (χ2n) is 5.67. The van der Waals surface area contributed by atoms with E-state index in [-0.39, 0.29) is 0 Å². The van der Waals surface area contributed by atoms with Crippen LogP contribution in [0.1, 0.15) is 37.7 Å². The molecule has 21 heavy (non-hydrogen) atoms. The van der Waals surface area contributed by atoms with E-state index in [1.165, 1.54) is 29.0 Å². The van der Waals surface area contributed by atoms with Gasteiger partial charge in [-0.3, -0.25) is 0 Å². The monoisotopic (exact) mass is 317 g/mol. The summed E-state index contributed by atoms with van der Waals surface area (Å²) in [6.07, 6.45) is 3.88. The summed E-state index contributed by atoms with van der Waals surface area (Å²) in [5.74, 6) is 0.721. The first-order valence-electron chi connectivity index (χ1n) is 7.85. The van der Waals surface area contributed by atoms with Crippen molar-refractivity contribution < 1.29 is 0 Å². The van der Waals surface area contributed by atoms with Gasteiger partial charge >= 0.3 is 0 Å². The third-order valence-corrected chi connectivity index (χ3v) is 6.72. The minimum Gasteiger partial charge on any atom is -0.313 e. The molecule has 0 bridgehead atoms. The zero-order valence-corrected chi connectivity index (χ0v) is 14.1. The Kier molecular flexibility index (Phi) is 5.39. The van der Waals surface area contributed by atoms with Gasteiger partial charge in [0.05, 0.1) is 4.21 Å². The molecular formula is C18H23NS2. The van der Waals surface area contributed by atoms with Crippen LogP contribution in [0.15, 0.2) is 52.1 Å². The highest BCUT2D eigenvalue weighted by atomic mass is 32.2. The molecule has 1 heterocycles. The van der Waals surface area contributed by atoms with E-state index in [2.05, 4.69) is 71.8 Å². The molecule has 0 spiro atoms. The van der Waals surface area contributed by atoms with E-state index in [0.29, 0.717) is 11.3 Å². The highest BCUT2D eigenvalue weighted by Gasteiger charge is 2.31. The molecule has 1 saturated carbocycles. The third kappa shape index (κ3) is 3.91. The zero-order valence-electron chi connectivity index (χ0n) is 12.5. The Morgan fingerprint density at radius 2 is 2.00 bits per heavy atom. The molecular weight excluding hydrogens is 294 g/mol. The quantitative estimate of drug-likeness (QED) is 0.818. The van der Waals surface area contributed by atoms with Crippen molar-refractivity contribution in [3.05, 3.63) is 53.4 Å². The Bertz CT molecular complexity index is 523. The van der Waals surface area contributed by atoms with Gasteiger partial charge in [0.15, 0.2) is 0 Å². The van der Waals surface area contributed by atoms with Crippen LogP contribution in [0.25, 0.3) is 0 Å². The molecule has 1 aliphatic rings. The number of thioether (sulfide) groups is 1. The van der Waals surface area contributed by atoms with Gasteiger partial charge in [-0.15, -0.1) is 23.1 Å². The molecule has 1 N–H and O–H groups in total. The summed E-state index contributed by atoms with van der Waals surface area (Å²) in [6.45, 7) is 3.29. The van der Waals surface area contributed by atoms with E-state index in [0.717, 1.165) is 12.5 Å². The molecule has 0 amide bonds. The Morgan fingerprint density at radius 1 is 1.14 bits per heavy atom. The standard InChI is InChI=1S/C18H23NS2/c1-2-19-16-11-10-15(14-7-4-3-5-8-14)13-17(16)21-18-9-6-12-20-18/h3-9,12,15-17,19H,2,10-11,13H2,1H3. The van der Waals surface area contributed by atoms with Gasteiger partial charge in [-0.05, 0) is 48.7 Å². The first-order chi connectivity index (χ1) is 10.4. The van der Waals surface area contributed by atoms with Crippen LogP contribution in [0, 0.1) is 0 Å². The van der Waals surface area contributed by atoms with Gasteiger partial charge in [-0.2, -0.15) is 0 Å². The van der Waals surface area contributed by atoms with Gasteiger partial charge in [0, 0.05) is 11.3 Å². The molecule has 0 saturated heterocycles. The van der Waals surface area contributed by atoms with Crippen LogP contribution < -0.4 is 5.32 Å². The zero-order chi connectivity index (χ0) is 14.5. The maximum absolute atomic E-state index is 3.70. The van der Waals surface area contributed by atoms with Crippen molar-refractivity contribution in [1.29, 1.82) is 0 Å². The lowest BCUT2D eigenvalue weighted by Gasteiger charge is -2.36. The summed E-state index contributed by atoms with van der Waals surface area (Å²) >= 11 is 3.94. The molecule has 3 unspecified atom stereocenters. The van der Waals surface area contributed by atoms with Gasteiger partial charge in [0.25, 0.3) is 0 Å². The van der Waals surface area contributed by atoms with Gasteiger partial charge in [-0.25, -0.2) is 0 Å². The topological polar surface area (TPSA) is 12.0 Å². The number of nitrogens with one attached hydrogen (secondary N) is 1. The molecule has 1 aliphatic carbocycles. The molecule has 2 aromatic rings. The van der Waals surface area contributed by atoms with Crippen molar-refractivity contribution in [2.75, 3.05) is 6.54 Å². The smallest absolute Gasteiger partial charge is 0.0601 e. The average Bonchev–Trinajstić information content (AvgIpc) is 3.03. The normalized spacial score (nSPS) is 25.9. The maximum atomic E-state index is 3.70. The molecule has 1 nitrogen and oxygen atoms in total. The van der Waals surface area contributed by atoms with Crippen molar-refractivity contribution >= 4 is 23.1 Å². The minimum atomic E-state index is 0.655. The lowest BCUT2D eigenvalue weighted by Crippen LogP contribution is -2.42. The lowest BCUT2D eigenvalue weighted by molar-refractivity contribution is 0.358. The predicted molar refractivity (Wildman–Crippen MR) is 94.5 cm³/mol. The molecule has 1 fully saturated rings. The first-order valence-corrected chi connectivity index (χ1v) is 9.61. The SMILES string of the molecule is CCNC1CCC(c2ccccc2)CC1Sc1cccs1. The van der Waals surface area contributed by atoms with Gasteiger partial charge in [0.1, 0.15) is 0 Å². The molecule has 3 heteroatoms. The second kappa shape index (κ2) is 7.48. The number of hydrogen-bond acceptors (Lipinski definition) is 3. The van der Waals surface area contributed by atoms with E-state index < -0.39 is 0 Å². The van der Waals surface area contributed by atoms with E-state index in [1.807, 2.05) is 11.3 Å². The molecule has 0 aliphatic heterocycles. The van der Waals surface area contributed by atoms with Crippen molar-refractivity contribution in [1.82, 2.24) is 5.32 Å². The Hall–Kier alpha value is -0.770. The van der Waals surface area contributed by atoms with Crippen LogP contribution in [0.3, 0.4) is 0 Å². The Labute approximate surface area is 136 Å². The van der Waals surface area contributed by atoms with Crippen LogP contribution in [-0.2, 0) is 0 Å². The predicted octanol–water partition coefficient (Wildman–Crippen LogP) is 5.15. The summed E-state index contributed by atoms with van der Waals surface area (Å²) in [5.41, 5.74) is 1.52. The van der Waals surface area contributed by atoms with E-state index >= 15 is 0 Å². The fraction of sp³-hybridized carbons (Fsp3) is 0.444. The van der Waals surface area contributed by atoms with Crippen molar-refractivity contribution in [2.24, 2.45) is 0 Å². The average molecular weight is 318 g/mol. The van der Waals surface area contributed by atoms with E-state index in [1.54, 1.807) is 0 Å².